The van der Waals surface area contributed by atoms with Crippen molar-refractivity contribution in [2.45, 2.75) is 26.2 Å². The molecule has 0 unspecified atom stereocenters. The second-order valence-corrected chi connectivity index (χ2v) is 3.25. The van der Waals surface area contributed by atoms with E-state index in [4.69, 9.17) is 5.26 Å². The van der Waals surface area contributed by atoms with Crippen molar-refractivity contribution in [3.63, 3.8) is 0 Å². The molecule has 0 aliphatic rings. The van der Waals surface area contributed by atoms with Gasteiger partial charge in [0.25, 0.3) is 0 Å². The maximum Gasteiger partial charge on any atom is 0.137 e. The van der Waals surface area contributed by atoms with Gasteiger partial charge in [0, 0.05) is 6.42 Å². The number of hydrazone groups is 1. The number of hydrogen-bond acceptors (Lipinski definition) is 3. The largest absolute Gasteiger partial charge is 0.278 e. The SMILES string of the molecule is CCCC/C(C#N)=N/Nc1ccccc1. The monoisotopic (exact) mass is 201 g/mol. The van der Waals surface area contributed by atoms with E-state index in [1.165, 1.54) is 0 Å². The van der Waals surface area contributed by atoms with Crippen molar-refractivity contribution >= 4 is 11.4 Å². The Bertz CT molecular complexity index is 349. The molecule has 0 amide bonds. The number of para-hydroxylation sites is 1. The third-order valence-corrected chi connectivity index (χ3v) is 1.99. The smallest absolute Gasteiger partial charge is 0.137 e. The van der Waals surface area contributed by atoms with Gasteiger partial charge in [-0.15, -0.1) is 0 Å². The summed E-state index contributed by atoms with van der Waals surface area (Å²) >= 11 is 0. The summed E-state index contributed by atoms with van der Waals surface area (Å²) in [4.78, 5) is 0. The lowest BCUT2D eigenvalue weighted by molar-refractivity contribution is 0.836. The standard InChI is InChI=1S/C12H15N3/c1-2-3-7-12(10-13)15-14-11-8-5-4-6-9-11/h4-6,8-9,14H,2-3,7H2,1H3/b15-12-. The molecule has 0 aliphatic carbocycles. The molecule has 0 aromatic heterocycles. The fourth-order valence-electron chi connectivity index (χ4n) is 1.13. The number of anilines is 1. The number of hydrogen-bond donors (Lipinski definition) is 1. The minimum atomic E-state index is 0.556. The number of benzene rings is 1. The van der Waals surface area contributed by atoms with E-state index in [9.17, 15) is 0 Å². The van der Waals surface area contributed by atoms with Gasteiger partial charge in [0.2, 0.25) is 0 Å². The van der Waals surface area contributed by atoms with Crippen molar-refractivity contribution < 1.29 is 0 Å². The summed E-state index contributed by atoms with van der Waals surface area (Å²) in [6.45, 7) is 2.10. The molecule has 0 heterocycles. The molecule has 0 saturated heterocycles. The third-order valence-electron chi connectivity index (χ3n) is 1.99. The molecule has 1 aromatic rings. The van der Waals surface area contributed by atoms with Crippen molar-refractivity contribution in [2.24, 2.45) is 5.10 Å². The fourth-order valence-corrected chi connectivity index (χ4v) is 1.13. The average molecular weight is 201 g/mol. The lowest BCUT2D eigenvalue weighted by Crippen LogP contribution is -1.99. The zero-order valence-corrected chi connectivity index (χ0v) is 8.90. The van der Waals surface area contributed by atoms with E-state index in [1.807, 2.05) is 30.3 Å². The van der Waals surface area contributed by atoms with Gasteiger partial charge >= 0.3 is 0 Å². The van der Waals surface area contributed by atoms with E-state index in [1.54, 1.807) is 0 Å². The van der Waals surface area contributed by atoms with Crippen LogP contribution in [0.2, 0.25) is 0 Å². The predicted octanol–water partition coefficient (Wildman–Crippen LogP) is 3.17. The Morgan fingerprint density at radius 2 is 2.13 bits per heavy atom. The Morgan fingerprint density at radius 1 is 1.40 bits per heavy atom. The molecule has 1 rings (SSSR count). The quantitative estimate of drug-likeness (QED) is 0.587. The van der Waals surface area contributed by atoms with Gasteiger partial charge in [0.15, 0.2) is 0 Å². The molecule has 1 aromatic carbocycles. The molecule has 0 saturated carbocycles. The molecular weight excluding hydrogens is 186 g/mol. The first-order chi connectivity index (χ1) is 7.36. The molecule has 78 valence electrons. The summed E-state index contributed by atoms with van der Waals surface area (Å²) in [5, 5.41) is 12.9. The highest BCUT2D eigenvalue weighted by Gasteiger charge is 1.96. The number of rotatable bonds is 5. The molecule has 0 bridgehead atoms. The second-order valence-electron chi connectivity index (χ2n) is 3.25. The molecule has 1 N–H and O–H groups in total. The summed E-state index contributed by atoms with van der Waals surface area (Å²) < 4.78 is 0. The van der Waals surface area contributed by atoms with E-state index >= 15 is 0 Å². The van der Waals surface area contributed by atoms with Gasteiger partial charge in [-0.2, -0.15) is 10.4 Å². The van der Waals surface area contributed by atoms with Crippen LogP contribution in [0.1, 0.15) is 26.2 Å². The van der Waals surface area contributed by atoms with Crippen LogP contribution < -0.4 is 5.43 Å². The van der Waals surface area contributed by atoms with Gasteiger partial charge in [0.1, 0.15) is 11.8 Å². The Kier molecular flexibility index (Phi) is 4.96. The van der Waals surface area contributed by atoms with Crippen LogP contribution in [0.5, 0.6) is 0 Å². The Labute approximate surface area is 90.4 Å². The predicted molar refractivity (Wildman–Crippen MR) is 62.6 cm³/mol. The first kappa shape index (κ1) is 11.3. The van der Waals surface area contributed by atoms with E-state index < -0.39 is 0 Å². The minimum absolute atomic E-state index is 0.556. The van der Waals surface area contributed by atoms with Crippen LogP contribution in [0.3, 0.4) is 0 Å². The zero-order valence-electron chi connectivity index (χ0n) is 8.90. The number of nitriles is 1. The molecule has 0 spiro atoms. The molecular formula is C12H15N3. The molecule has 0 radical (unpaired) electrons. The van der Waals surface area contributed by atoms with Gasteiger partial charge < -0.3 is 0 Å². The van der Waals surface area contributed by atoms with E-state index in [2.05, 4.69) is 23.5 Å². The van der Waals surface area contributed by atoms with Crippen LogP contribution in [-0.4, -0.2) is 5.71 Å². The number of unbranched alkanes of at least 4 members (excludes halogenated alkanes) is 1. The normalized spacial score (nSPS) is 10.8. The van der Waals surface area contributed by atoms with Crippen LogP contribution in [-0.2, 0) is 0 Å². The first-order valence-corrected chi connectivity index (χ1v) is 5.14. The summed E-state index contributed by atoms with van der Waals surface area (Å²) in [7, 11) is 0. The Morgan fingerprint density at radius 3 is 2.73 bits per heavy atom. The fraction of sp³-hybridized carbons (Fsp3) is 0.333. The number of nitrogens with one attached hydrogen (secondary N) is 1. The van der Waals surface area contributed by atoms with Gasteiger partial charge in [0.05, 0.1) is 5.69 Å². The minimum Gasteiger partial charge on any atom is -0.278 e. The summed E-state index contributed by atoms with van der Waals surface area (Å²) in [6, 6.07) is 11.7. The molecule has 0 aliphatic heterocycles. The average Bonchev–Trinajstić information content (AvgIpc) is 2.31. The Hall–Kier alpha value is -1.82. The highest BCUT2D eigenvalue weighted by Crippen LogP contribution is 2.05. The van der Waals surface area contributed by atoms with E-state index in [0.29, 0.717) is 5.71 Å². The van der Waals surface area contributed by atoms with Crippen molar-refractivity contribution in [1.29, 1.82) is 5.26 Å². The lowest BCUT2D eigenvalue weighted by Gasteiger charge is -2.00. The summed E-state index contributed by atoms with van der Waals surface area (Å²) in [5.74, 6) is 0. The zero-order chi connectivity index (χ0) is 10.9. The van der Waals surface area contributed by atoms with Gasteiger partial charge in [-0.1, -0.05) is 31.5 Å². The Balaban J connectivity index is 2.52. The summed E-state index contributed by atoms with van der Waals surface area (Å²) in [6.07, 6.45) is 2.82. The van der Waals surface area contributed by atoms with Gasteiger partial charge in [-0.3, -0.25) is 5.43 Å². The summed E-state index contributed by atoms with van der Waals surface area (Å²) in [5.41, 5.74) is 4.33. The van der Waals surface area contributed by atoms with Crippen LogP contribution in [0.25, 0.3) is 0 Å². The maximum absolute atomic E-state index is 8.81. The molecule has 0 fully saturated rings. The number of nitrogens with zero attached hydrogens (tertiary/aromatic N) is 2. The highest BCUT2D eigenvalue weighted by molar-refractivity contribution is 5.98. The van der Waals surface area contributed by atoms with Gasteiger partial charge in [-0.25, -0.2) is 0 Å². The van der Waals surface area contributed by atoms with Crippen molar-refractivity contribution in [1.82, 2.24) is 0 Å². The second kappa shape index (κ2) is 6.61. The van der Waals surface area contributed by atoms with Crippen molar-refractivity contribution in [3.05, 3.63) is 30.3 Å². The van der Waals surface area contributed by atoms with Crippen molar-refractivity contribution in [3.8, 4) is 6.07 Å². The maximum atomic E-state index is 8.81. The van der Waals surface area contributed by atoms with Crippen LogP contribution >= 0.6 is 0 Å². The lowest BCUT2D eigenvalue weighted by atomic mass is 10.2. The molecule has 3 heteroatoms. The van der Waals surface area contributed by atoms with E-state index in [-0.39, 0.29) is 0 Å². The van der Waals surface area contributed by atoms with Gasteiger partial charge in [-0.05, 0) is 18.6 Å². The van der Waals surface area contributed by atoms with Crippen LogP contribution in [0.15, 0.2) is 35.4 Å². The van der Waals surface area contributed by atoms with E-state index in [0.717, 1.165) is 24.9 Å². The highest BCUT2D eigenvalue weighted by atomic mass is 15.3. The topological polar surface area (TPSA) is 48.2 Å². The molecule has 15 heavy (non-hydrogen) atoms. The first-order valence-electron chi connectivity index (χ1n) is 5.14. The third kappa shape index (κ3) is 4.28. The van der Waals surface area contributed by atoms with Crippen molar-refractivity contribution in [2.75, 3.05) is 5.43 Å². The molecule has 0 atom stereocenters. The molecule has 3 nitrogen and oxygen atoms in total. The van der Waals surface area contributed by atoms with Crippen LogP contribution in [0, 0.1) is 11.3 Å². The van der Waals surface area contributed by atoms with Crippen LogP contribution in [0.4, 0.5) is 5.69 Å².